The van der Waals surface area contributed by atoms with Crippen LogP contribution in [0.15, 0.2) is 32.7 Å². The smallest absolute Gasteiger partial charge is 0.330 e. The zero-order chi connectivity index (χ0) is 26.5. The third-order valence-corrected chi connectivity index (χ3v) is 8.49. The number of anilines is 2. The molecule has 0 unspecified atom stereocenters. The Labute approximate surface area is 212 Å². The molecule has 2 aromatic rings. The summed E-state index contributed by atoms with van der Waals surface area (Å²) in [5.41, 5.74) is 5.59. The summed E-state index contributed by atoms with van der Waals surface area (Å²) >= 11 is 0. The summed E-state index contributed by atoms with van der Waals surface area (Å²) in [6.07, 6.45) is 5.43. The Kier molecular flexibility index (Phi) is 9.13. The van der Waals surface area contributed by atoms with Gasteiger partial charge in [0.2, 0.25) is 10.0 Å². The van der Waals surface area contributed by atoms with Gasteiger partial charge in [-0.2, -0.15) is 4.31 Å². The number of nitrogen functional groups attached to an aromatic ring is 1. The molecule has 0 bridgehead atoms. The van der Waals surface area contributed by atoms with Crippen molar-refractivity contribution in [3.8, 4) is 0 Å². The Morgan fingerprint density at radius 3 is 2.39 bits per heavy atom. The maximum atomic E-state index is 13.9. The van der Waals surface area contributed by atoms with Crippen LogP contribution in [0.5, 0.6) is 0 Å². The second-order valence-corrected chi connectivity index (χ2v) is 11.2. The number of unbranched alkanes of at least 4 members (excludes halogenated alkanes) is 2. The van der Waals surface area contributed by atoms with Crippen molar-refractivity contribution in [1.29, 1.82) is 0 Å². The van der Waals surface area contributed by atoms with Gasteiger partial charge in [-0.25, -0.2) is 13.2 Å². The predicted octanol–water partition coefficient (Wildman–Crippen LogP) is 2.85. The average molecular weight is 520 g/mol. The fourth-order valence-corrected chi connectivity index (χ4v) is 5.94. The quantitative estimate of drug-likeness (QED) is 0.495. The minimum atomic E-state index is -3.76. The molecule has 198 valence electrons. The number of aromatic nitrogens is 2. The summed E-state index contributed by atoms with van der Waals surface area (Å²) in [5.74, 6) is -0.606. The van der Waals surface area contributed by atoms with Gasteiger partial charge in [-0.15, -0.1) is 0 Å². The lowest BCUT2D eigenvalue weighted by molar-refractivity contribution is 0.0985. The second-order valence-electron chi connectivity index (χ2n) is 9.25. The van der Waals surface area contributed by atoms with E-state index in [0.717, 1.165) is 32.1 Å². The number of piperidine rings is 1. The topological polar surface area (TPSA) is 139 Å². The van der Waals surface area contributed by atoms with Gasteiger partial charge in [0.05, 0.1) is 4.90 Å². The molecule has 10 nitrogen and oxygen atoms in total. The fourth-order valence-electron chi connectivity index (χ4n) is 4.40. The molecule has 0 saturated carbocycles. The van der Waals surface area contributed by atoms with Crippen molar-refractivity contribution < 1.29 is 13.2 Å². The molecule has 3 N–H and O–H groups in total. The number of nitrogens with zero attached hydrogens (tertiary/aromatic N) is 3. The molecular formula is C25H37N5O5S. The number of rotatable bonds is 10. The van der Waals surface area contributed by atoms with E-state index in [1.54, 1.807) is 13.0 Å². The molecule has 1 aromatic heterocycles. The summed E-state index contributed by atoms with van der Waals surface area (Å²) in [7, 11) is -3.76. The van der Waals surface area contributed by atoms with E-state index in [2.05, 4.69) is 4.98 Å². The Morgan fingerprint density at radius 2 is 1.75 bits per heavy atom. The van der Waals surface area contributed by atoms with E-state index in [1.165, 1.54) is 25.9 Å². The van der Waals surface area contributed by atoms with E-state index in [9.17, 15) is 22.8 Å². The number of amides is 1. The number of nitrogens with two attached hydrogens (primary N) is 1. The van der Waals surface area contributed by atoms with Crippen molar-refractivity contribution in [3.63, 3.8) is 0 Å². The summed E-state index contributed by atoms with van der Waals surface area (Å²) in [6, 6.07) is 4.51. The number of sulfonamides is 1. The molecule has 1 fully saturated rings. The number of carbonyl (C=O) groups is 1. The standard InChI is InChI=1S/C25H37N5O5S/c1-4-6-15-29(21-22(26)30(16-7-5-2)25(33)27-23(21)31)24(32)20-17-19(12-11-18(20)3)36(34,35)28-13-9-8-10-14-28/h11-12,17H,4-10,13-16,26H2,1-3H3,(H,27,31,33). The van der Waals surface area contributed by atoms with Crippen LogP contribution in [-0.2, 0) is 16.6 Å². The number of aryl methyl sites for hydroxylation is 1. The lowest BCUT2D eigenvalue weighted by Gasteiger charge is -2.27. The van der Waals surface area contributed by atoms with E-state index in [-0.39, 0.29) is 28.5 Å². The van der Waals surface area contributed by atoms with Crippen LogP contribution in [0.3, 0.4) is 0 Å². The normalized spacial score (nSPS) is 14.6. The summed E-state index contributed by atoms with van der Waals surface area (Å²) in [6.45, 7) is 7.05. The maximum absolute atomic E-state index is 13.9. The molecule has 11 heteroatoms. The van der Waals surface area contributed by atoms with Gasteiger partial charge in [-0.1, -0.05) is 39.2 Å². The first-order valence-electron chi connectivity index (χ1n) is 12.7. The highest BCUT2D eigenvalue weighted by molar-refractivity contribution is 7.89. The van der Waals surface area contributed by atoms with Crippen molar-refractivity contribution in [2.75, 3.05) is 30.3 Å². The van der Waals surface area contributed by atoms with Gasteiger partial charge in [0.25, 0.3) is 11.5 Å². The molecule has 0 radical (unpaired) electrons. The van der Waals surface area contributed by atoms with Gasteiger partial charge in [0, 0.05) is 31.7 Å². The number of nitrogens with one attached hydrogen (secondary N) is 1. The largest absolute Gasteiger partial charge is 0.383 e. The van der Waals surface area contributed by atoms with Gasteiger partial charge in [-0.3, -0.25) is 19.1 Å². The second kappa shape index (κ2) is 11.9. The van der Waals surface area contributed by atoms with Crippen LogP contribution in [0.2, 0.25) is 0 Å². The fraction of sp³-hybridized carbons (Fsp3) is 0.560. The number of H-pyrrole nitrogens is 1. The lowest BCUT2D eigenvalue weighted by atomic mass is 10.1. The average Bonchev–Trinajstić information content (AvgIpc) is 2.86. The van der Waals surface area contributed by atoms with Crippen molar-refractivity contribution in [2.45, 2.75) is 77.2 Å². The van der Waals surface area contributed by atoms with Crippen molar-refractivity contribution in [3.05, 3.63) is 50.2 Å². The molecule has 2 heterocycles. The van der Waals surface area contributed by atoms with Crippen molar-refractivity contribution >= 4 is 27.4 Å². The molecular weight excluding hydrogens is 482 g/mol. The third kappa shape index (κ3) is 5.73. The molecule has 0 atom stereocenters. The first-order valence-corrected chi connectivity index (χ1v) is 14.1. The predicted molar refractivity (Wildman–Crippen MR) is 141 cm³/mol. The first kappa shape index (κ1) is 27.7. The number of hydrogen-bond acceptors (Lipinski definition) is 6. The van der Waals surface area contributed by atoms with Gasteiger partial charge in [0.15, 0.2) is 5.69 Å². The molecule has 0 spiro atoms. The van der Waals surface area contributed by atoms with Crippen LogP contribution in [0.1, 0.15) is 74.7 Å². The Hall–Kier alpha value is -2.92. The number of benzene rings is 1. The minimum absolute atomic E-state index is 0.0450. The lowest BCUT2D eigenvalue weighted by Crippen LogP contribution is -2.42. The molecule has 36 heavy (non-hydrogen) atoms. The van der Waals surface area contributed by atoms with Gasteiger partial charge in [-0.05, 0) is 50.3 Å². The van der Waals surface area contributed by atoms with Gasteiger partial charge < -0.3 is 10.6 Å². The number of carbonyl (C=O) groups excluding carboxylic acids is 1. The third-order valence-electron chi connectivity index (χ3n) is 6.59. The van der Waals surface area contributed by atoms with E-state index in [1.807, 2.05) is 13.8 Å². The first-order chi connectivity index (χ1) is 17.1. The molecule has 1 amide bonds. The number of hydrogen-bond donors (Lipinski definition) is 2. The Balaban J connectivity index is 2.10. The van der Waals surface area contributed by atoms with E-state index in [0.29, 0.717) is 38.0 Å². The zero-order valence-corrected chi connectivity index (χ0v) is 22.2. The SMILES string of the molecule is CCCCN(C(=O)c1cc(S(=O)(=O)N2CCCCC2)ccc1C)c1c(N)n(CCCC)c(=O)[nH]c1=O. The van der Waals surface area contributed by atoms with Crippen LogP contribution >= 0.6 is 0 Å². The molecule has 1 aliphatic heterocycles. The summed E-state index contributed by atoms with van der Waals surface area (Å²) < 4.78 is 29.3. The van der Waals surface area contributed by atoms with E-state index in [4.69, 9.17) is 5.73 Å². The van der Waals surface area contributed by atoms with Crippen LogP contribution in [0, 0.1) is 6.92 Å². The van der Waals surface area contributed by atoms with Crippen LogP contribution in [0.4, 0.5) is 11.5 Å². The van der Waals surface area contributed by atoms with E-state index < -0.39 is 27.2 Å². The van der Waals surface area contributed by atoms with Crippen molar-refractivity contribution in [1.82, 2.24) is 13.9 Å². The van der Waals surface area contributed by atoms with Crippen LogP contribution in [-0.4, -0.2) is 47.8 Å². The van der Waals surface area contributed by atoms with Crippen molar-refractivity contribution in [2.24, 2.45) is 0 Å². The minimum Gasteiger partial charge on any atom is -0.383 e. The van der Waals surface area contributed by atoms with Gasteiger partial charge in [0.1, 0.15) is 5.82 Å². The van der Waals surface area contributed by atoms with Gasteiger partial charge >= 0.3 is 5.69 Å². The molecule has 3 rings (SSSR count). The Bertz CT molecular complexity index is 1310. The highest BCUT2D eigenvalue weighted by Crippen LogP contribution is 2.26. The Morgan fingerprint density at radius 1 is 1.08 bits per heavy atom. The van der Waals surface area contributed by atoms with E-state index >= 15 is 0 Å². The monoisotopic (exact) mass is 519 g/mol. The molecule has 0 aliphatic carbocycles. The summed E-state index contributed by atoms with van der Waals surface area (Å²) in [5, 5.41) is 0. The molecule has 1 aromatic carbocycles. The highest BCUT2D eigenvalue weighted by Gasteiger charge is 2.30. The molecule has 1 saturated heterocycles. The summed E-state index contributed by atoms with van der Waals surface area (Å²) in [4.78, 5) is 42.8. The number of aromatic amines is 1. The van der Waals surface area contributed by atoms with Crippen LogP contribution < -0.4 is 21.9 Å². The van der Waals surface area contributed by atoms with Crippen LogP contribution in [0.25, 0.3) is 0 Å². The molecule has 1 aliphatic rings. The highest BCUT2D eigenvalue weighted by atomic mass is 32.2. The zero-order valence-electron chi connectivity index (χ0n) is 21.4. The maximum Gasteiger partial charge on any atom is 0.330 e.